The monoisotopic (exact) mass is 213 g/mol. The number of benzene rings is 1. The highest BCUT2D eigenvalue weighted by Crippen LogP contribution is 2.05. The number of rotatable bonds is 4. The number of aromatic nitrogens is 2. The van der Waals surface area contributed by atoms with Crippen LogP contribution in [-0.2, 0) is 6.42 Å². The van der Waals surface area contributed by atoms with E-state index in [0.29, 0.717) is 0 Å². The maximum atomic E-state index is 4.11. The minimum absolute atomic E-state index is 0.877. The van der Waals surface area contributed by atoms with E-state index in [4.69, 9.17) is 0 Å². The average Bonchev–Trinajstić information content (AvgIpc) is 2.30. The van der Waals surface area contributed by atoms with Crippen LogP contribution in [0.4, 0.5) is 5.82 Å². The van der Waals surface area contributed by atoms with Crippen LogP contribution in [0.5, 0.6) is 0 Å². The highest BCUT2D eigenvalue weighted by Gasteiger charge is 1.94. The predicted octanol–water partition coefficient (Wildman–Crippen LogP) is 2.44. The highest BCUT2D eigenvalue weighted by molar-refractivity contribution is 5.32. The summed E-state index contributed by atoms with van der Waals surface area (Å²) in [6.45, 7) is 3.00. The van der Waals surface area contributed by atoms with Gasteiger partial charge in [0.1, 0.15) is 12.1 Å². The van der Waals surface area contributed by atoms with Crippen molar-refractivity contribution in [1.82, 2.24) is 9.97 Å². The van der Waals surface area contributed by atoms with Gasteiger partial charge in [0.15, 0.2) is 0 Å². The van der Waals surface area contributed by atoms with Gasteiger partial charge in [-0.05, 0) is 25.0 Å². The number of hydrogen-bond donors (Lipinski definition) is 1. The second-order valence-corrected chi connectivity index (χ2v) is 3.76. The summed E-state index contributed by atoms with van der Waals surface area (Å²) in [5, 5.41) is 3.26. The Morgan fingerprint density at radius 2 is 2.19 bits per heavy atom. The predicted molar refractivity (Wildman–Crippen MR) is 65.4 cm³/mol. The molecule has 1 heterocycles. The number of nitrogens with zero attached hydrogens (tertiary/aromatic N) is 2. The third-order valence-electron chi connectivity index (χ3n) is 2.38. The molecule has 2 aromatic rings. The van der Waals surface area contributed by atoms with Crippen LogP contribution in [0, 0.1) is 6.92 Å². The van der Waals surface area contributed by atoms with Crippen molar-refractivity contribution in [2.45, 2.75) is 13.3 Å². The van der Waals surface area contributed by atoms with Crippen molar-refractivity contribution in [2.75, 3.05) is 11.9 Å². The van der Waals surface area contributed by atoms with Gasteiger partial charge in [-0.1, -0.05) is 29.8 Å². The average molecular weight is 213 g/mol. The normalized spacial score (nSPS) is 10.1. The molecule has 0 saturated heterocycles. The van der Waals surface area contributed by atoms with E-state index >= 15 is 0 Å². The second kappa shape index (κ2) is 5.26. The number of aryl methyl sites for hydroxylation is 1. The lowest BCUT2D eigenvalue weighted by Crippen LogP contribution is -2.06. The molecule has 0 atom stereocenters. The van der Waals surface area contributed by atoms with E-state index in [1.807, 2.05) is 6.07 Å². The zero-order chi connectivity index (χ0) is 11.2. The molecule has 3 nitrogen and oxygen atoms in total. The molecule has 0 unspecified atom stereocenters. The van der Waals surface area contributed by atoms with Gasteiger partial charge in [-0.15, -0.1) is 0 Å². The number of anilines is 1. The van der Waals surface area contributed by atoms with Gasteiger partial charge in [0.25, 0.3) is 0 Å². The molecule has 0 aliphatic rings. The molecule has 0 radical (unpaired) electrons. The molecular weight excluding hydrogens is 198 g/mol. The molecule has 0 spiro atoms. The number of nitrogens with one attached hydrogen (secondary N) is 1. The number of hydrogen-bond acceptors (Lipinski definition) is 3. The smallest absolute Gasteiger partial charge is 0.129 e. The summed E-state index contributed by atoms with van der Waals surface area (Å²) in [5.74, 6) is 0.877. The lowest BCUT2D eigenvalue weighted by molar-refractivity contribution is 0.997. The fourth-order valence-electron chi connectivity index (χ4n) is 1.60. The lowest BCUT2D eigenvalue weighted by Gasteiger charge is -2.05. The van der Waals surface area contributed by atoms with Crippen LogP contribution >= 0.6 is 0 Å². The quantitative estimate of drug-likeness (QED) is 0.847. The first-order chi connectivity index (χ1) is 7.84. The van der Waals surface area contributed by atoms with E-state index in [1.165, 1.54) is 11.1 Å². The highest BCUT2D eigenvalue weighted by atomic mass is 15.0. The SMILES string of the molecule is Cc1cccc(CCNc2ccncn2)c1. The summed E-state index contributed by atoms with van der Waals surface area (Å²) >= 11 is 0. The molecule has 0 aliphatic carbocycles. The van der Waals surface area contributed by atoms with Crippen molar-refractivity contribution in [2.24, 2.45) is 0 Å². The topological polar surface area (TPSA) is 37.8 Å². The van der Waals surface area contributed by atoms with Crippen LogP contribution in [0.1, 0.15) is 11.1 Å². The van der Waals surface area contributed by atoms with Crippen LogP contribution in [0.25, 0.3) is 0 Å². The molecule has 1 N–H and O–H groups in total. The molecule has 0 saturated carbocycles. The zero-order valence-electron chi connectivity index (χ0n) is 9.35. The van der Waals surface area contributed by atoms with Crippen LogP contribution in [0.15, 0.2) is 42.9 Å². The first-order valence-corrected chi connectivity index (χ1v) is 5.40. The zero-order valence-corrected chi connectivity index (χ0v) is 9.35. The van der Waals surface area contributed by atoms with Crippen molar-refractivity contribution >= 4 is 5.82 Å². The van der Waals surface area contributed by atoms with Gasteiger partial charge in [-0.3, -0.25) is 0 Å². The standard InChI is InChI=1S/C13H15N3/c1-11-3-2-4-12(9-11)5-8-15-13-6-7-14-10-16-13/h2-4,6-7,9-10H,5,8H2,1H3,(H,14,15,16). The maximum Gasteiger partial charge on any atom is 0.129 e. The molecule has 0 fully saturated rings. The lowest BCUT2D eigenvalue weighted by atomic mass is 10.1. The summed E-state index contributed by atoms with van der Waals surface area (Å²) in [6, 6.07) is 10.4. The van der Waals surface area contributed by atoms with E-state index in [9.17, 15) is 0 Å². The van der Waals surface area contributed by atoms with Gasteiger partial charge in [-0.25, -0.2) is 9.97 Å². The molecule has 3 heteroatoms. The summed E-state index contributed by atoms with van der Waals surface area (Å²) in [6.07, 6.45) is 4.29. The minimum Gasteiger partial charge on any atom is -0.370 e. The van der Waals surface area contributed by atoms with Crippen LogP contribution in [-0.4, -0.2) is 16.5 Å². The van der Waals surface area contributed by atoms with E-state index < -0.39 is 0 Å². The molecule has 0 aliphatic heterocycles. The fraction of sp³-hybridized carbons (Fsp3) is 0.231. The Hall–Kier alpha value is -1.90. The van der Waals surface area contributed by atoms with Gasteiger partial charge in [-0.2, -0.15) is 0 Å². The van der Waals surface area contributed by atoms with Gasteiger partial charge in [0.2, 0.25) is 0 Å². The Kier molecular flexibility index (Phi) is 3.49. The molecule has 0 bridgehead atoms. The Bertz CT molecular complexity index is 440. The van der Waals surface area contributed by atoms with Crippen molar-refractivity contribution in [3.8, 4) is 0 Å². The van der Waals surface area contributed by atoms with E-state index in [0.717, 1.165) is 18.8 Å². The molecule has 1 aromatic heterocycles. The van der Waals surface area contributed by atoms with Crippen LogP contribution in [0.3, 0.4) is 0 Å². The van der Waals surface area contributed by atoms with Crippen molar-refractivity contribution < 1.29 is 0 Å². The molecule has 0 amide bonds. The van der Waals surface area contributed by atoms with E-state index in [2.05, 4.69) is 46.5 Å². The Morgan fingerprint density at radius 1 is 1.25 bits per heavy atom. The van der Waals surface area contributed by atoms with Crippen LogP contribution < -0.4 is 5.32 Å². The first kappa shape index (κ1) is 10.6. The van der Waals surface area contributed by atoms with Crippen molar-refractivity contribution in [1.29, 1.82) is 0 Å². The van der Waals surface area contributed by atoms with Gasteiger partial charge < -0.3 is 5.32 Å². The van der Waals surface area contributed by atoms with E-state index in [1.54, 1.807) is 12.5 Å². The van der Waals surface area contributed by atoms with Gasteiger partial charge in [0.05, 0.1) is 0 Å². The Balaban J connectivity index is 1.85. The van der Waals surface area contributed by atoms with Crippen molar-refractivity contribution in [3.63, 3.8) is 0 Å². The summed E-state index contributed by atoms with van der Waals surface area (Å²) < 4.78 is 0. The second-order valence-electron chi connectivity index (χ2n) is 3.76. The van der Waals surface area contributed by atoms with Gasteiger partial charge >= 0.3 is 0 Å². The van der Waals surface area contributed by atoms with Gasteiger partial charge in [0, 0.05) is 12.7 Å². The molecule has 82 valence electrons. The summed E-state index contributed by atoms with van der Waals surface area (Å²) in [7, 11) is 0. The van der Waals surface area contributed by atoms with E-state index in [-0.39, 0.29) is 0 Å². The summed E-state index contributed by atoms with van der Waals surface area (Å²) in [4.78, 5) is 7.98. The molecule has 1 aromatic carbocycles. The third kappa shape index (κ3) is 3.05. The first-order valence-electron chi connectivity index (χ1n) is 5.40. The molecule has 2 rings (SSSR count). The molecule has 16 heavy (non-hydrogen) atoms. The Labute approximate surface area is 95.6 Å². The minimum atomic E-state index is 0.877. The third-order valence-corrected chi connectivity index (χ3v) is 2.38. The van der Waals surface area contributed by atoms with Crippen molar-refractivity contribution in [3.05, 3.63) is 54.0 Å². The van der Waals surface area contributed by atoms with Crippen LogP contribution in [0.2, 0.25) is 0 Å². The fourth-order valence-corrected chi connectivity index (χ4v) is 1.60. The largest absolute Gasteiger partial charge is 0.370 e. The molecular formula is C13H15N3. The summed E-state index contributed by atoms with van der Waals surface area (Å²) in [5.41, 5.74) is 2.65. The maximum absolute atomic E-state index is 4.11. The Morgan fingerprint density at radius 3 is 2.94 bits per heavy atom.